The van der Waals surface area contributed by atoms with Crippen molar-refractivity contribution >= 4 is 23.3 Å². The molecule has 2 bridgehead atoms. The summed E-state index contributed by atoms with van der Waals surface area (Å²) < 4.78 is 6.46. The third-order valence-corrected chi connectivity index (χ3v) is 7.11. The summed E-state index contributed by atoms with van der Waals surface area (Å²) in [6.07, 6.45) is 7.60. The van der Waals surface area contributed by atoms with Crippen LogP contribution in [0.5, 0.6) is 0 Å². The van der Waals surface area contributed by atoms with Gasteiger partial charge in [-0.15, -0.1) is 0 Å². The van der Waals surface area contributed by atoms with E-state index in [2.05, 4.69) is 15.2 Å². The van der Waals surface area contributed by atoms with Crippen molar-refractivity contribution in [1.29, 1.82) is 0 Å². The molecule has 1 aromatic heterocycles. The molecule has 1 aliphatic carbocycles. The van der Waals surface area contributed by atoms with Gasteiger partial charge in [0.25, 0.3) is 0 Å². The van der Waals surface area contributed by atoms with Crippen molar-refractivity contribution < 1.29 is 9.53 Å². The third-order valence-electron chi connectivity index (χ3n) is 6.81. The van der Waals surface area contributed by atoms with Gasteiger partial charge in [0.1, 0.15) is 5.82 Å². The molecule has 4 aliphatic rings. The molecule has 0 unspecified atom stereocenters. The van der Waals surface area contributed by atoms with Crippen LogP contribution >= 0.6 is 11.6 Å². The number of rotatable bonds is 4. The number of hydrogen-bond donors (Lipinski definition) is 1. The molecule has 1 amide bonds. The molecular weight excluding hydrogens is 338 g/mol. The predicted molar refractivity (Wildman–Crippen MR) is 95.6 cm³/mol. The molecule has 3 saturated heterocycles. The SMILES string of the molecule is O=C(NC[C@H]1[C@H]2CN(c3ncccc3Cl)C[C@]23CC[C@H]1O3)C1CCC1. The molecule has 0 radical (unpaired) electrons. The van der Waals surface area contributed by atoms with E-state index in [1.54, 1.807) is 6.20 Å². The van der Waals surface area contributed by atoms with Crippen LogP contribution in [0.4, 0.5) is 5.82 Å². The molecule has 4 atom stereocenters. The standard InChI is InChI=1S/C19H24ClN3O2/c20-15-5-2-8-21-17(15)23-10-14-13(9-22-18(24)12-3-1-4-12)16-6-7-19(14,11-23)25-16/h2,5,8,12-14,16H,1,3-4,6-7,9-11H2,(H,22,24)/t13-,14+,16+,19+/m0/s1. The first-order valence-corrected chi connectivity index (χ1v) is 9.85. The first kappa shape index (κ1) is 15.9. The molecule has 1 saturated carbocycles. The van der Waals surface area contributed by atoms with Crippen molar-refractivity contribution in [3.8, 4) is 0 Å². The molecule has 4 fully saturated rings. The maximum absolute atomic E-state index is 12.2. The molecule has 5 nitrogen and oxygen atoms in total. The molecule has 5 rings (SSSR count). The average Bonchev–Trinajstić information content (AvgIpc) is 3.19. The Bertz CT molecular complexity index is 695. The van der Waals surface area contributed by atoms with Gasteiger partial charge >= 0.3 is 0 Å². The van der Waals surface area contributed by atoms with E-state index in [0.717, 1.165) is 51.1 Å². The molecule has 6 heteroatoms. The van der Waals surface area contributed by atoms with Crippen molar-refractivity contribution in [2.75, 3.05) is 24.5 Å². The molecular formula is C19H24ClN3O2. The highest BCUT2D eigenvalue weighted by Gasteiger charge is 2.63. The lowest BCUT2D eigenvalue weighted by atomic mass is 9.73. The number of amides is 1. The summed E-state index contributed by atoms with van der Waals surface area (Å²) in [4.78, 5) is 19.0. The first-order chi connectivity index (χ1) is 12.2. The second-order valence-corrected chi connectivity index (χ2v) is 8.50. The minimum absolute atomic E-state index is 0.0720. The van der Waals surface area contributed by atoms with Crippen LogP contribution in [0.25, 0.3) is 0 Å². The molecule has 25 heavy (non-hydrogen) atoms. The lowest BCUT2D eigenvalue weighted by Gasteiger charge is -2.30. The minimum Gasteiger partial charge on any atom is -0.369 e. The Hall–Kier alpha value is -1.33. The maximum atomic E-state index is 12.2. The molecule has 1 spiro atoms. The Morgan fingerprint density at radius 2 is 2.32 bits per heavy atom. The summed E-state index contributed by atoms with van der Waals surface area (Å²) in [6.45, 7) is 2.52. The van der Waals surface area contributed by atoms with Crippen molar-refractivity contribution in [1.82, 2.24) is 10.3 Å². The van der Waals surface area contributed by atoms with Crippen molar-refractivity contribution in [2.45, 2.75) is 43.8 Å². The normalized spacial score (nSPS) is 36.4. The summed E-state index contributed by atoms with van der Waals surface area (Å²) in [5, 5.41) is 3.91. The summed E-state index contributed by atoms with van der Waals surface area (Å²) in [5.41, 5.74) is -0.0720. The lowest BCUT2D eigenvalue weighted by molar-refractivity contribution is -0.127. The number of nitrogens with zero attached hydrogens (tertiary/aromatic N) is 2. The monoisotopic (exact) mass is 361 g/mol. The van der Waals surface area contributed by atoms with Crippen LogP contribution in [0.15, 0.2) is 18.3 Å². The minimum atomic E-state index is -0.0720. The Balaban J connectivity index is 1.31. The number of carbonyl (C=O) groups excluding carboxylic acids is 1. The summed E-state index contributed by atoms with van der Waals surface area (Å²) in [5.74, 6) is 2.21. The quantitative estimate of drug-likeness (QED) is 0.895. The highest BCUT2D eigenvalue weighted by atomic mass is 35.5. The fourth-order valence-electron chi connectivity index (χ4n) is 5.27. The number of ether oxygens (including phenoxy) is 1. The van der Waals surface area contributed by atoms with E-state index in [-0.39, 0.29) is 17.4 Å². The average molecular weight is 362 g/mol. The number of hydrogen-bond acceptors (Lipinski definition) is 4. The zero-order valence-electron chi connectivity index (χ0n) is 14.3. The molecule has 134 valence electrons. The Morgan fingerprint density at radius 3 is 3.08 bits per heavy atom. The number of aromatic nitrogens is 1. The first-order valence-electron chi connectivity index (χ1n) is 9.47. The van der Waals surface area contributed by atoms with Crippen LogP contribution in [0.2, 0.25) is 5.02 Å². The molecule has 4 heterocycles. The third kappa shape index (κ3) is 2.47. The molecule has 3 aliphatic heterocycles. The van der Waals surface area contributed by atoms with Crippen LogP contribution in [0.3, 0.4) is 0 Å². The van der Waals surface area contributed by atoms with E-state index in [1.165, 1.54) is 6.42 Å². The van der Waals surface area contributed by atoms with E-state index in [1.807, 2.05) is 12.1 Å². The van der Waals surface area contributed by atoms with Crippen LogP contribution in [0.1, 0.15) is 32.1 Å². The van der Waals surface area contributed by atoms with E-state index in [9.17, 15) is 4.79 Å². The van der Waals surface area contributed by atoms with Crippen LogP contribution in [0, 0.1) is 17.8 Å². The fraction of sp³-hybridized carbons (Fsp3) is 0.684. The van der Waals surface area contributed by atoms with Gasteiger partial charge in [-0.1, -0.05) is 18.0 Å². The number of pyridine rings is 1. The second kappa shape index (κ2) is 5.85. The summed E-state index contributed by atoms with van der Waals surface area (Å²) in [7, 11) is 0. The highest BCUT2D eigenvalue weighted by molar-refractivity contribution is 6.32. The fourth-order valence-corrected chi connectivity index (χ4v) is 5.51. The molecule has 1 N–H and O–H groups in total. The topological polar surface area (TPSA) is 54.5 Å². The lowest BCUT2D eigenvalue weighted by Crippen LogP contribution is -2.44. The van der Waals surface area contributed by atoms with Gasteiger partial charge in [-0.3, -0.25) is 4.79 Å². The van der Waals surface area contributed by atoms with Crippen LogP contribution in [-0.4, -0.2) is 42.2 Å². The number of carbonyl (C=O) groups is 1. The van der Waals surface area contributed by atoms with Crippen molar-refractivity contribution in [2.24, 2.45) is 17.8 Å². The number of nitrogens with one attached hydrogen (secondary N) is 1. The van der Waals surface area contributed by atoms with Crippen molar-refractivity contribution in [3.63, 3.8) is 0 Å². The highest BCUT2D eigenvalue weighted by Crippen LogP contribution is 2.55. The predicted octanol–water partition coefficient (Wildman–Crippen LogP) is 2.64. The van der Waals surface area contributed by atoms with Gasteiger partial charge < -0.3 is 15.0 Å². The molecule has 1 aromatic rings. The van der Waals surface area contributed by atoms with Gasteiger partial charge in [0.15, 0.2) is 0 Å². The zero-order valence-corrected chi connectivity index (χ0v) is 15.0. The van der Waals surface area contributed by atoms with Crippen molar-refractivity contribution in [3.05, 3.63) is 23.4 Å². The Morgan fingerprint density at radius 1 is 1.44 bits per heavy atom. The number of fused-ring (bicyclic) bond motifs is 1. The smallest absolute Gasteiger partial charge is 0.223 e. The largest absolute Gasteiger partial charge is 0.369 e. The number of anilines is 1. The Labute approximate surface area is 153 Å². The van der Waals surface area contributed by atoms with Gasteiger partial charge in [0.05, 0.1) is 16.7 Å². The van der Waals surface area contributed by atoms with Gasteiger partial charge in [0.2, 0.25) is 5.91 Å². The van der Waals surface area contributed by atoms with E-state index in [4.69, 9.17) is 16.3 Å². The van der Waals surface area contributed by atoms with E-state index < -0.39 is 0 Å². The molecule has 0 aromatic carbocycles. The summed E-state index contributed by atoms with van der Waals surface area (Å²) in [6, 6.07) is 3.76. The van der Waals surface area contributed by atoms with Crippen LogP contribution < -0.4 is 10.2 Å². The van der Waals surface area contributed by atoms with Crippen LogP contribution in [-0.2, 0) is 9.53 Å². The van der Waals surface area contributed by atoms with Gasteiger partial charge in [-0.2, -0.15) is 0 Å². The van der Waals surface area contributed by atoms with Gasteiger partial charge in [-0.05, 0) is 37.8 Å². The maximum Gasteiger partial charge on any atom is 0.223 e. The van der Waals surface area contributed by atoms with E-state index in [0.29, 0.717) is 23.0 Å². The van der Waals surface area contributed by atoms with Gasteiger partial charge in [0, 0.05) is 43.6 Å². The Kier molecular flexibility index (Phi) is 3.72. The second-order valence-electron chi connectivity index (χ2n) is 8.09. The zero-order chi connectivity index (χ0) is 17.0. The number of halogens is 1. The van der Waals surface area contributed by atoms with Gasteiger partial charge in [-0.25, -0.2) is 4.98 Å². The summed E-state index contributed by atoms with van der Waals surface area (Å²) >= 11 is 6.35. The van der Waals surface area contributed by atoms with E-state index >= 15 is 0 Å².